The second kappa shape index (κ2) is 6.11. The molecule has 0 bridgehead atoms. The lowest BCUT2D eigenvalue weighted by Gasteiger charge is -2.14. The zero-order chi connectivity index (χ0) is 13.7. The summed E-state index contributed by atoms with van der Waals surface area (Å²) in [6.07, 6.45) is 0. The minimum atomic E-state index is -0.531. The van der Waals surface area contributed by atoms with Gasteiger partial charge in [-0.05, 0) is 25.2 Å². The number of amides is 1. The molecule has 1 rings (SSSR count). The van der Waals surface area contributed by atoms with Gasteiger partial charge in [0.15, 0.2) is 5.78 Å². The van der Waals surface area contributed by atoms with Crippen molar-refractivity contribution in [2.45, 2.75) is 0 Å². The molecule has 0 aromatic heterocycles. The fourth-order valence-electron chi connectivity index (χ4n) is 1.55. The van der Waals surface area contributed by atoms with Gasteiger partial charge in [0.2, 0.25) is 5.91 Å². The Morgan fingerprint density at radius 1 is 1.39 bits per heavy atom. The number of rotatable bonds is 6. The molecule has 0 saturated carbocycles. The van der Waals surface area contributed by atoms with E-state index in [0.717, 1.165) is 6.07 Å². The molecule has 0 aliphatic carbocycles. The average molecular weight is 254 g/mol. The van der Waals surface area contributed by atoms with Crippen LogP contribution in [0.15, 0.2) is 18.2 Å². The zero-order valence-electron chi connectivity index (χ0n) is 10.3. The maximum absolute atomic E-state index is 13.1. The minimum Gasteiger partial charge on any atom is -0.496 e. The molecule has 18 heavy (non-hydrogen) atoms. The average Bonchev–Trinajstić information content (AvgIpc) is 2.27. The second-order valence-electron chi connectivity index (χ2n) is 3.91. The molecule has 2 N–H and O–H groups in total. The quantitative estimate of drug-likeness (QED) is 0.747. The molecule has 0 spiro atoms. The molecule has 1 aromatic rings. The molecule has 98 valence electrons. The van der Waals surface area contributed by atoms with E-state index < -0.39 is 11.7 Å². The number of Topliss-reactive ketones (excluding diaryl/α,β-unsaturated/α-hetero) is 1. The fourth-order valence-corrected chi connectivity index (χ4v) is 1.55. The van der Waals surface area contributed by atoms with Crippen LogP contribution in [-0.2, 0) is 4.79 Å². The monoisotopic (exact) mass is 254 g/mol. The normalized spacial score (nSPS) is 10.4. The van der Waals surface area contributed by atoms with Crippen molar-refractivity contribution < 1.29 is 18.7 Å². The smallest absolute Gasteiger partial charge is 0.231 e. The van der Waals surface area contributed by atoms with E-state index in [1.54, 1.807) is 7.05 Å². The van der Waals surface area contributed by atoms with Crippen LogP contribution in [0.5, 0.6) is 5.75 Å². The van der Waals surface area contributed by atoms with Crippen LogP contribution in [0.2, 0.25) is 0 Å². The van der Waals surface area contributed by atoms with Gasteiger partial charge in [0.1, 0.15) is 11.6 Å². The Bertz CT molecular complexity index is 463. The number of ketones is 1. The molecular weight excluding hydrogens is 239 g/mol. The van der Waals surface area contributed by atoms with E-state index in [1.165, 1.54) is 24.1 Å². The second-order valence-corrected chi connectivity index (χ2v) is 3.91. The molecule has 6 heteroatoms. The molecule has 1 aromatic carbocycles. The summed E-state index contributed by atoms with van der Waals surface area (Å²) in [6.45, 7) is -0.0773. The number of nitrogens with zero attached hydrogens (tertiary/aromatic N) is 1. The molecule has 0 unspecified atom stereocenters. The molecule has 0 fully saturated rings. The zero-order valence-corrected chi connectivity index (χ0v) is 10.3. The third kappa shape index (κ3) is 3.81. The largest absolute Gasteiger partial charge is 0.496 e. The predicted molar refractivity (Wildman–Crippen MR) is 64.0 cm³/mol. The maximum atomic E-state index is 13.1. The standard InChI is InChI=1S/C12H15FN2O3/c1-15(7-12(14)17)6-10(16)9-5-8(13)3-4-11(9)18-2/h3-5H,6-7H2,1-2H3,(H2,14,17). The first-order valence-corrected chi connectivity index (χ1v) is 5.27. The Kier molecular flexibility index (Phi) is 4.79. The van der Waals surface area contributed by atoms with Crippen molar-refractivity contribution in [3.63, 3.8) is 0 Å². The third-order valence-corrected chi connectivity index (χ3v) is 2.30. The number of carbonyl (C=O) groups is 2. The molecule has 0 aliphatic rings. The van der Waals surface area contributed by atoms with Crippen LogP contribution >= 0.6 is 0 Å². The molecular formula is C12H15FN2O3. The van der Waals surface area contributed by atoms with Gasteiger partial charge in [-0.15, -0.1) is 0 Å². The van der Waals surface area contributed by atoms with Crippen LogP contribution in [0.4, 0.5) is 4.39 Å². The van der Waals surface area contributed by atoms with Crippen LogP contribution in [0.25, 0.3) is 0 Å². The summed E-state index contributed by atoms with van der Waals surface area (Å²) in [4.78, 5) is 24.1. The number of halogens is 1. The van der Waals surface area contributed by atoms with Crippen molar-refractivity contribution in [3.05, 3.63) is 29.6 Å². The molecule has 0 saturated heterocycles. The number of ether oxygens (including phenoxy) is 1. The van der Waals surface area contributed by atoms with E-state index in [0.29, 0.717) is 5.75 Å². The first-order valence-electron chi connectivity index (χ1n) is 5.27. The van der Waals surface area contributed by atoms with E-state index in [-0.39, 0.29) is 24.4 Å². The number of methoxy groups -OCH3 is 1. The van der Waals surface area contributed by atoms with Gasteiger partial charge < -0.3 is 10.5 Å². The number of hydrogen-bond acceptors (Lipinski definition) is 4. The lowest BCUT2D eigenvalue weighted by Crippen LogP contribution is -2.34. The minimum absolute atomic E-state index is 0.0383. The van der Waals surface area contributed by atoms with Crippen molar-refractivity contribution in [1.29, 1.82) is 0 Å². The van der Waals surface area contributed by atoms with Crippen LogP contribution in [0.1, 0.15) is 10.4 Å². The number of nitrogens with two attached hydrogens (primary N) is 1. The van der Waals surface area contributed by atoms with Gasteiger partial charge in [-0.3, -0.25) is 14.5 Å². The Balaban J connectivity index is 2.83. The number of hydrogen-bond donors (Lipinski definition) is 1. The van der Waals surface area contributed by atoms with Gasteiger partial charge in [0, 0.05) is 0 Å². The van der Waals surface area contributed by atoms with E-state index in [2.05, 4.69) is 0 Å². The number of primary amides is 1. The Morgan fingerprint density at radius 2 is 2.06 bits per heavy atom. The van der Waals surface area contributed by atoms with Crippen molar-refractivity contribution in [3.8, 4) is 5.75 Å². The van der Waals surface area contributed by atoms with E-state index >= 15 is 0 Å². The van der Waals surface area contributed by atoms with Gasteiger partial charge in [-0.2, -0.15) is 0 Å². The van der Waals surface area contributed by atoms with Crippen molar-refractivity contribution in [1.82, 2.24) is 4.90 Å². The van der Waals surface area contributed by atoms with Crippen LogP contribution < -0.4 is 10.5 Å². The maximum Gasteiger partial charge on any atom is 0.231 e. The van der Waals surface area contributed by atoms with Gasteiger partial charge in [0.05, 0.1) is 25.8 Å². The molecule has 0 radical (unpaired) electrons. The van der Waals surface area contributed by atoms with Gasteiger partial charge in [-0.1, -0.05) is 0 Å². The Hall–Kier alpha value is -1.95. The van der Waals surface area contributed by atoms with E-state index in [9.17, 15) is 14.0 Å². The summed E-state index contributed by atoms with van der Waals surface area (Å²) in [7, 11) is 2.98. The topological polar surface area (TPSA) is 72.6 Å². The SMILES string of the molecule is COc1ccc(F)cc1C(=O)CN(C)CC(N)=O. The van der Waals surface area contributed by atoms with Crippen LogP contribution in [0, 0.1) is 5.82 Å². The van der Waals surface area contributed by atoms with Crippen LogP contribution in [-0.4, -0.2) is 43.8 Å². The molecule has 0 atom stereocenters. The summed E-state index contributed by atoms with van der Waals surface area (Å²) < 4.78 is 18.1. The molecule has 1 amide bonds. The molecule has 0 heterocycles. The molecule has 0 aliphatic heterocycles. The summed E-state index contributed by atoms with van der Waals surface area (Å²) >= 11 is 0. The highest BCUT2D eigenvalue weighted by atomic mass is 19.1. The highest BCUT2D eigenvalue weighted by molar-refractivity contribution is 6.00. The summed E-state index contributed by atoms with van der Waals surface area (Å²) in [5.41, 5.74) is 5.16. The Morgan fingerprint density at radius 3 is 2.61 bits per heavy atom. The number of benzene rings is 1. The number of carbonyl (C=O) groups excluding carboxylic acids is 2. The van der Waals surface area contributed by atoms with Gasteiger partial charge >= 0.3 is 0 Å². The first kappa shape index (κ1) is 14.1. The van der Waals surface area contributed by atoms with Gasteiger partial charge in [-0.25, -0.2) is 4.39 Å². The fraction of sp³-hybridized carbons (Fsp3) is 0.333. The third-order valence-electron chi connectivity index (χ3n) is 2.30. The van der Waals surface area contributed by atoms with E-state index in [1.807, 2.05) is 0 Å². The van der Waals surface area contributed by atoms with Crippen LogP contribution in [0.3, 0.4) is 0 Å². The van der Waals surface area contributed by atoms with Crippen molar-refractivity contribution in [2.24, 2.45) is 5.73 Å². The summed E-state index contributed by atoms with van der Waals surface area (Å²) in [5.74, 6) is -1.09. The Labute approximate surface area is 104 Å². The first-order chi connectivity index (χ1) is 8.43. The lowest BCUT2D eigenvalue weighted by molar-refractivity contribution is -0.118. The van der Waals surface area contributed by atoms with E-state index in [4.69, 9.17) is 10.5 Å². The highest BCUT2D eigenvalue weighted by Gasteiger charge is 2.16. The van der Waals surface area contributed by atoms with Crippen molar-refractivity contribution >= 4 is 11.7 Å². The van der Waals surface area contributed by atoms with Gasteiger partial charge in [0.25, 0.3) is 0 Å². The number of likely N-dealkylation sites (N-methyl/N-ethyl adjacent to an activating group) is 1. The lowest BCUT2D eigenvalue weighted by atomic mass is 10.1. The summed E-state index contributed by atoms with van der Waals surface area (Å²) in [5, 5.41) is 0. The predicted octanol–water partition coefficient (Wildman–Crippen LogP) is 0.434. The molecule has 5 nitrogen and oxygen atoms in total. The highest BCUT2D eigenvalue weighted by Crippen LogP contribution is 2.19. The summed E-state index contributed by atoms with van der Waals surface area (Å²) in [6, 6.07) is 3.71. The van der Waals surface area contributed by atoms with Crippen molar-refractivity contribution in [2.75, 3.05) is 27.2 Å².